The van der Waals surface area contributed by atoms with Crippen molar-refractivity contribution in [1.29, 1.82) is 0 Å². The van der Waals surface area contributed by atoms with Crippen LogP contribution in [0.3, 0.4) is 0 Å². The molecule has 0 fully saturated rings. The zero-order chi connectivity index (χ0) is 11.5. The molecule has 0 spiro atoms. The molecule has 0 nitrogen and oxygen atoms in total. The average molecular weight is 251 g/mol. The minimum absolute atomic E-state index is 0.0549. The van der Waals surface area contributed by atoms with Gasteiger partial charge < -0.3 is 0 Å². The zero-order valence-corrected chi connectivity index (χ0v) is 10.5. The second-order valence-corrected chi connectivity index (χ2v) is 4.84. The zero-order valence-electron chi connectivity index (χ0n) is 8.95. The van der Waals surface area contributed by atoms with E-state index in [1.807, 2.05) is 31.2 Å². The Morgan fingerprint density at radius 2 is 1.25 bits per heavy atom. The number of rotatable bonds is 2. The van der Waals surface area contributed by atoms with Crippen LogP contribution in [0.15, 0.2) is 48.5 Å². The van der Waals surface area contributed by atoms with Crippen molar-refractivity contribution in [2.45, 2.75) is 12.3 Å². The summed E-state index contributed by atoms with van der Waals surface area (Å²) in [6.07, 6.45) is 0. The van der Waals surface area contributed by atoms with Crippen LogP contribution in [0.4, 0.5) is 0 Å². The summed E-state index contributed by atoms with van der Waals surface area (Å²) in [5.41, 5.74) is 3.48. The van der Waals surface area contributed by atoms with Crippen LogP contribution in [-0.2, 0) is 0 Å². The summed E-state index contributed by atoms with van der Waals surface area (Å²) in [5.74, 6) is 0. The van der Waals surface area contributed by atoms with Gasteiger partial charge in [0.15, 0.2) is 0 Å². The highest BCUT2D eigenvalue weighted by Crippen LogP contribution is 2.25. The number of halogens is 2. The van der Waals surface area contributed by atoms with Crippen molar-refractivity contribution in [2.24, 2.45) is 0 Å². The minimum Gasteiger partial charge on any atom is -0.118 e. The second kappa shape index (κ2) is 4.90. The summed E-state index contributed by atoms with van der Waals surface area (Å²) in [7, 11) is 0. The predicted octanol–water partition coefficient (Wildman–Crippen LogP) is 5.31. The average Bonchev–Trinajstić information content (AvgIpc) is 2.30. The summed E-state index contributed by atoms with van der Waals surface area (Å²) in [6.45, 7) is 1.97. The van der Waals surface area contributed by atoms with E-state index in [9.17, 15) is 0 Å². The molecule has 1 unspecified atom stereocenters. The molecule has 0 heterocycles. The highest BCUT2D eigenvalue weighted by Gasteiger charge is 2.01. The largest absolute Gasteiger partial charge is 0.118 e. The molecule has 2 aromatic rings. The van der Waals surface area contributed by atoms with Gasteiger partial charge in [-0.15, -0.1) is 11.6 Å². The van der Waals surface area contributed by atoms with Crippen molar-refractivity contribution in [3.63, 3.8) is 0 Å². The summed E-state index contributed by atoms with van der Waals surface area (Å²) in [5, 5.41) is 0.814. The van der Waals surface area contributed by atoms with Gasteiger partial charge in [0.2, 0.25) is 0 Å². The molecule has 0 bridgehead atoms. The smallest absolute Gasteiger partial charge is 0.0557 e. The van der Waals surface area contributed by atoms with Crippen molar-refractivity contribution in [2.75, 3.05) is 0 Å². The van der Waals surface area contributed by atoms with Gasteiger partial charge in [-0.05, 0) is 35.7 Å². The molecule has 2 aromatic carbocycles. The molecule has 1 atom stereocenters. The van der Waals surface area contributed by atoms with E-state index in [2.05, 4.69) is 24.3 Å². The van der Waals surface area contributed by atoms with E-state index >= 15 is 0 Å². The first-order valence-electron chi connectivity index (χ1n) is 5.17. The van der Waals surface area contributed by atoms with Crippen molar-refractivity contribution < 1.29 is 0 Å². The van der Waals surface area contributed by atoms with Crippen molar-refractivity contribution >= 4 is 23.2 Å². The molecule has 0 aliphatic carbocycles. The molecule has 2 heteroatoms. The Kier molecular flexibility index (Phi) is 3.52. The normalized spacial score (nSPS) is 12.4. The third-order valence-corrected chi connectivity index (χ3v) is 3.05. The van der Waals surface area contributed by atoms with E-state index in [1.54, 1.807) is 0 Å². The van der Waals surface area contributed by atoms with E-state index in [0.717, 1.165) is 16.1 Å². The van der Waals surface area contributed by atoms with Crippen LogP contribution in [0.5, 0.6) is 0 Å². The van der Waals surface area contributed by atoms with E-state index in [1.165, 1.54) is 5.56 Å². The second-order valence-electron chi connectivity index (χ2n) is 3.74. The van der Waals surface area contributed by atoms with Crippen LogP contribution in [-0.4, -0.2) is 0 Å². The van der Waals surface area contributed by atoms with E-state index < -0.39 is 0 Å². The molecular weight excluding hydrogens is 239 g/mol. The molecular formula is C14H12Cl2. The lowest BCUT2D eigenvalue weighted by atomic mass is 10.0. The summed E-state index contributed by atoms with van der Waals surface area (Å²) >= 11 is 11.9. The first-order chi connectivity index (χ1) is 7.66. The highest BCUT2D eigenvalue weighted by molar-refractivity contribution is 6.30. The number of hydrogen-bond acceptors (Lipinski definition) is 0. The van der Waals surface area contributed by atoms with E-state index in [-0.39, 0.29) is 5.38 Å². The first kappa shape index (κ1) is 11.5. The van der Waals surface area contributed by atoms with Gasteiger partial charge in [-0.2, -0.15) is 0 Å². The molecule has 0 aliphatic rings. The van der Waals surface area contributed by atoms with Gasteiger partial charge in [-0.25, -0.2) is 0 Å². The van der Waals surface area contributed by atoms with Gasteiger partial charge in [0, 0.05) is 5.02 Å². The Balaban J connectivity index is 2.31. The highest BCUT2D eigenvalue weighted by atomic mass is 35.5. The lowest BCUT2D eigenvalue weighted by molar-refractivity contribution is 1.08. The molecule has 0 aliphatic heterocycles. The topological polar surface area (TPSA) is 0 Å². The van der Waals surface area contributed by atoms with Crippen LogP contribution >= 0.6 is 23.2 Å². The van der Waals surface area contributed by atoms with E-state index in [0.29, 0.717) is 0 Å². The third-order valence-electron chi connectivity index (χ3n) is 2.55. The molecule has 2 rings (SSSR count). The van der Waals surface area contributed by atoms with Crippen LogP contribution in [0.1, 0.15) is 17.9 Å². The van der Waals surface area contributed by atoms with Crippen LogP contribution in [0, 0.1) is 0 Å². The van der Waals surface area contributed by atoms with Crippen LogP contribution < -0.4 is 0 Å². The molecule has 0 saturated heterocycles. The maximum atomic E-state index is 6.00. The summed E-state index contributed by atoms with van der Waals surface area (Å²) in [6, 6.07) is 16.1. The van der Waals surface area contributed by atoms with Crippen molar-refractivity contribution in [3.8, 4) is 11.1 Å². The maximum absolute atomic E-state index is 6.00. The van der Waals surface area contributed by atoms with Gasteiger partial charge in [0.05, 0.1) is 5.38 Å². The standard InChI is InChI=1S/C14H12Cl2/c1-10(15)11-2-4-12(5-3-11)13-6-8-14(16)9-7-13/h2-10H,1H3. The van der Waals surface area contributed by atoms with Gasteiger partial charge in [0.1, 0.15) is 0 Å². The Morgan fingerprint density at radius 1 is 0.812 bits per heavy atom. The lowest BCUT2D eigenvalue weighted by Gasteiger charge is -2.05. The Labute approximate surface area is 106 Å². The fraction of sp³-hybridized carbons (Fsp3) is 0.143. The number of hydrogen-bond donors (Lipinski definition) is 0. The molecule has 0 amide bonds. The lowest BCUT2D eigenvalue weighted by Crippen LogP contribution is -1.84. The monoisotopic (exact) mass is 250 g/mol. The van der Waals surface area contributed by atoms with Gasteiger partial charge >= 0.3 is 0 Å². The van der Waals surface area contributed by atoms with Crippen LogP contribution in [0.25, 0.3) is 11.1 Å². The Bertz CT molecular complexity index is 455. The first-order valence-corrected chi connectivity index (χ1v) is 5.98. The van der Waals surface area contributed by atoms with E-state index in [4.69, 9.17) is 23.2 Å². The number of alkyl halides is 1. The van der Waals surface area contributed by atoms with Crippen molar-refractivity contribution in [3.05, 3.63) is 59.1 Å². The van der Waals surface area contributed by atoms with Gasteiger partial charge in [-0.3, -0.25) is 0 Å². The molecule has 0 N–H and O–H groups in total. The minimum atomic E-state index is 0.0549. The van der Waals surface area contributed by atoms with Gasteiger partial charge in [0.25, 0.3) is 0 Å². The molecule has 16 heavy (non-hydrogen) atoms. The molecule has 0 aromatic heterocycles. The molecule has 82 valence electrons. The summed E-state index contributed by atoms with van der Waals surface area (Å²) < 4.78 is 0. The quantitative estimate of drug-likeness (QED) is 0.634. The fourth-order valence-electron chi connectivity index (χ4n) is 1.58. The SMILES string of the molecule is CC(Cl)c1ccc(-c2ccc(Cl)cc2)cc1. The summed E-state index contributed by atoms with van der Waals surface area (Å²) in [4.78, 5) is 0. The van der Waals surface area contributed by atoms with Crippen molar-refractivity contribution in [1.82, 2.24) is 0 Å². The maximum Gasteiger partial charge on any atom is 0.0557 e. The Morgan fingerprint density at radius 3 is 1.69 bits per heavy atom. The Hall–Kier alpha value is -0.980. The molecule has 0 saturated carbocycles. The predicted molar refractivity (Wildman–Crippen MR) is 71.2 cm³/mol. The van der Waals surface area contributed by atoms with Gasteiger partial charge in [-0.1, -0.05) is 48.0 Å². The number of benzene rings is 2. The molecule has 0 radical (unpaired) electrons. The van der Waals surface area contributed by atoms with Crippen LogP contribution in [0.2, 0.25) is 5.02 Å². The fourth-order valence-corrected chi connectivity index (χ4v) is 1.85. The third kappa shape index (κ3) is 2.58.